The number of rotatable bonds is 4. The van der Waals surface area contributed by atoms with Crippen LogP contribution in [0.3, 0.4) is 0 Å². The SMILES string of the molecule is FC(F)(F)C1(c2ccc(Cl)cc2CNC2CC2)CC1. The second-order valence-electron chi connectivity index (χ2n) is 5.54. The fourth-order valence-electron chi connectivity index (χ4n) is 2.55. The molecule has 0 aliphatic heterocycles. The van der Waals surface area contributed by atoms with Gasteiger partial charge in [0, 0.05) is 17.6 Å². The van der Waals surface area contributed by atoms with E-state index in [1.54, 1.807) is 18.2 Å². The highest BCUT2D eigenvalue weighted by atomic mass is 35.5. The molecule has 0 aromatic heterocycles. The average Bonchev–Trinajstić information content (AvgIpc) is 3.19. The van der Waals surface area contributed by atoms with Crippen molar-refractivity contribution >= 4 is 11.6 Å². The van der Waals surface area contributed by atoms with Crippen LogP contribution < -0.4 is 5.32 Å². The molecule has 104 valence electrons. The van der Waals surface area contributed by atoms with Gasteiger partial charge in [0.25, 0.3) is 0 Å². The lowest BCUT2D eigenvalue weighted by molar-refractivity contribution is -0.160. The minimum atomic E-state index is -4.17. The van der Waals surface area contributed by atoms with E-state index in [2.05, 4.69) is 5.32 Å². The largest absolute Gasteiger partial charge is 0.398 e. The third kappa shape index (κ3) is 2.48. The molecule has 0 radical (unpaired) electrons. The topological polar surface area (TPSA) is 12.0 Å². The van der Waals surface area contributed by atoms with Gasteiger partial charge in [0.15, 0.2) is 0 Å². The Labute approximate surface area is 115 Å². The lowest BCUT2D eigenvalue weighted by atomic mass is 9.90. The molecule has 0 amide bonds. The van der Waals surface area contributed by atoms with Crippen LogP contribution in [-0.4, -0.2) is 12.2 Å². The number of alkyl halides is 3. The molecule has 1 N–H and O–H groups in total. The molecule has 0 spiro atoms. The van der Waals surface area contributed by atoms with Gasteiger partial charge in [-0.2, -0.15) is 13.2 Å². The average molecular weight is 290 g/mol. The van der Waals surface area contributed by atoms with E-state index in [9.17, 15) is 13.2 Å². The van der Waals surface area contributed by atoms with Gasteiger partial charge in [0.1, 0.15) is 0 Å². The van der Waals surface area contributed by atoms with Crippen LogP contribution in [0.25, 0.3) is 0 Å². The first kappa shape index (κ1) is 13.3. The molecular weight excluding hydrogens is 275 g/mol. The van der Waals surface area contributed by atoms with Crippen LogP contribution in [0, 0.1) is 0 Å². The Morgan fingerprint density at radius 3 is 2.47 bits per heavy atom. The van der Waals surface area contributed by atoms with Gasteiger partial charge >= 0.3 is 6.18 Å². The fraction of sp³-hybridized carbons (Fsp3) is 0.571. The molecule has 2 saturated carbocycles. The second-order valence-corrected chi connectivity index (χ2v) is 5.97. The second kappa shape index (κ2) is 4.38. The molecule has 0 heterocycles. The summed E-state index contributed by atoms with van der Waals surface area (Å²) in [7, 11) is 0. The number of nitrogens with one attached hydrogen (secondary N) is 1. The molecule has 0 atom stereocenters. The third-order valence-corrected chi connectivity index (χ3v) is 4.27. The smallest absolute Gasteiger partial charge is 0.310 e. The van der Waals surface area contributed by atoms with E-state index < -0.39 is 11.6 Å². The Kier molecular flexibility index (Phi) is 3.06. The van der Waals surface area contributed by atoms with Crippen LogP contribution in [0.1, 0.15) is 36.8 Å². The van der Waals surface area contributed by atoms with E-state index >= 15 is 0 Å². The van der Waals surface area contributed by atoms with Crippen molar-refractivity contribution in [2.24, 2.45) is 0 Å². The third-order valence-electron chi connectivity index (χ3n) is 4.03. The summed E-state index contributed by atoms with van der Waals surface area (Å²) in [6.45, 7) is 0.471. The molecule has 0 unspecified atom stereocenters. The van der Waals surface area contributed by atoms with E-state index in [4.69, 9.17) is 11.6 Å². The summed E-state index contributed by atoms with van der Waals surface area (Å²) < 4.78 is 39.7. The zero-order valence-corrected chi connectivity index (χ0v) is 11.1. The summed E-state index contributed by atoms with van der Waals surface area (Å²) in [5.74, 6) is 0. The molecule has 19 heavy (non-hydrogen) atoms. The van der Waals surface area contributed by atoms with Gasteiger partial charge in [-0.3, -0.25) is 0 Å². The van der Waals surface area contributed by atoms with Crippen LogP contribution in [0.5, 0.6) is 0 Å². The quantitative estimate of drug-likeness (QED) is 0.876. The molecule has 1 aromatic rings. The van der Waals surface area contributed by atoms with Gasteiger partial charge < -0.3 is 5.32 Å². The first-order chi connectivity index (χ1) is 8.92. The summed E-state index contributed by atoms with van der Waals surface area (Å²) >= 11 is 5.92. The standard InChI is InChI=1S/C14H15ClF3N/c15-10-1-4-12(13(5-6-13)14(16,17)18)9(7-10)8-19-11-2-3-11/h1,4,7,11,19H,2-3,5-6,8H2. The maximum absolute atomic E-state index is 13.2. The van der Waals surface area contributed by atoms with E-state index in [0.717, 1.165) is 12.8 Å². The van der Waals surface area contributed by atoms with Crippen molar-refractivity contribution in [3.8, 4) is 0 Å². The predicted molar refractivity (Wildman–Crippen MR) is 68.3 cm³/mol. The van der Waals surface area contributed by atoms with Crippen LogP contribution in [-0.2, 0) is 12.0 Å². The van der Waals surface area contributed by atoms with Crippen molar-refractivity contribution in [1.82, 2.24) is 5.32 Å². The van der Waals surface area contributed by atoms with Gasteiger partial charge in [-0.05, 0) is 48.9 Å². The molecular formula is C14H15ClF3N. The minimum Gasteiger partial charge on any atom is -0.310 e. The van der Waals surface area contributed by atoms with Crippen LogP contribution in [0.15, 0.2) is 18.2 Å². The molecule has 0 bridgehead atoms. The molecule has 5 heteroatoms. The van der Waals surface area contributed by atoms with Crippen molar-refractivity contribution in [1.29, 1.82) is 0 Å². The maximum Gasteiger partial charge on any atom is 0.398 e. The maximum atomic E-state index is 13.2. The van der Waals surface area contributed by atoms with Gasteiger partial charge in [-0.1, -0.05) is 17.7 Å². The molecule has 3 rings (SSSR count). The molecule has 0 saturated heterocycles. The van der Waals surface area contributed by atoms with E-state index in [0.29, 0.717) is 28.7 Å². The van der Waals surface area contributed by atoms with Crippen LogP contribution >= 0.6 is 11.6 Å². The summed E-state index contributed by atoms with van der Waals surface area (Å²) in [5.41, 5.74) is -0.537. The first-order valence-corrected chi connectivity index (χ1v) is 6.89. The Morgan fingerprint density at radius 2 is 1.95 bits per heavy atom. The molecule has 2 fully saturated rings. The van der Waals surface area contributed by atoms with E-state index in [1.807, 2.05) is 0 Å². The normalized spacial score (nSPS) is 21.5. The molecule has 1 nitrogen and oxygen atoms in total. The van der Waals surface area contributed by atoms with Gasteiger partial charge in [0.05, 0.1) is 5.41 Å². The van der Waals surface area contributed by atoms with Crippen LogP contribution in [0.4, 0.5) is 13.2 Å². The fourth-order valence-corrected chi connectivity index (χ4v) is 2.74. The lowest BCUT2D eigenvalue weighted by Gasteiger charge is -2.23. The van der Waals surface area contributed by atoms with Crippen molar-refractivity contribution in [2.75, 3.05) is 0 Å². The van der Waals surface area contributed by atoms with Crippen molar-refractivity contribution in [3.63, 3.8) is 0 Å². The summed E-state index contributed by atoms with van der Waals surface area (Å²) in [6.07, 6.45) is -1.57. The van der Waals surface area contributed by atoms with Crippen molar-refractivity contribution in [2.45, 2.75) is 49.9 Å². The molecule has 2 aliphatic carbocycles. The predicted octanol–water partition coefficient (Wildman–Crippen LogP) is 4.19. The first-order valence-electron chi connectivity index (χ1n) is 6.51. The van der Waals surface area contributed by atoms with E-state index in [1.165, 1.54) is 0 Å². The van der Waals surface area contributed by atoms with Gasteiger partial charge in [-0.15, -0.1) is 0 Å². The highest BCUT2D eigenvalue weighted by Gasteiger charge is 2.64. The summed E-state index contributed by atoms with van der Waals surface area (Å²) in [6, 6.07) is 5.24. The highest BCUT2D eigenvalue weighted by molar-refractivity contribution is 6.30. The van der Waals surface area contributed by atoms with Crippen molar-refractivity contribution < 1.29 is 13.2 Å². The van der Waals surface area contributed by atoms with Gasteiger partial charge in [-0.25, -0.2) is 0 Å². The Hall–Kier alpha value is -0.740. The van der Waals surface area contributed by atoms with Crippen LogP contribution in [0.2, 0.25) is 5.02 Å². The highest BCUT2D eigenvalue weighted by Crippen LogP contribution is 2.59. The number of benzene rings is 1. The monoisotopic (exact) mass is 289 g/mol. The summed E-state index contributed by atoms with van der Waals surface area (Å²) in [5, 5.41) is 3.76. The van der Waals surface area contributed by atoms with Crippen molar-refractivity contribution in [3.05, 3.63) is 34.3 Å². The summed E-state index contributed by atoms with van der Waals surface area (Å²) in [4.78, 5) is 0. The number of hydrogen-bond donors (Lipinski definition) is 1. The number of hydrogen-bond acceptors (Lipinski definition) is 1. The molecule has 1 aromatic carbocycles. The zero-order valence-electron chi connectivity index (χ0n) is 10.4. The van der Waals surface area contributed by atoms with E-state index in [-0.39, 0.29) is 12.8 Å². The van der Waals surface area contributed by atoms with Gasteiger partial charge in [0.2, 0.25) is 0 Å². The Morgan fingerprint density at radius 1 is 1.26 bits per heavy atom. The lowest BCUT2D eigenvalue weighted by Crippen LogP contribution is -2.30. The minimum absolute atomic E-state index is 0.189. The number of halogens is 4. The Balaban J connectivity index is 1.91. The Bertz CT molecular complexity index is 490. The molecule has 2 aliphatic rings. The zero-order chi connectivity index (χ0) is 13.7.